The van der Waals surface area contributed by atoms with E-state index in [2.05, 4.69) is 0 Å². The Morgan fingerprint density at radius 1 is 1.12 bits per heavy atom. The van der Waals surface area contributed by atoms with Crippen LogP contribution >= 0.6 is 23.2 Å². The van der Waals surface area contributed by atoms with E-state index >= 15 is 0 Å². The largest absolute Gasteiger partial charge is 0.480 e. The van der Waals surface area contributed by atoms with E-state index in [-0.39, 0.29) is 11.3 Å². The first kappa shape index (κ1) is 18.7. The normalized spacial score (nSPS) is 13.0. The van der Waals surface area contributed by atoms with Gasteiger partial charge in [-0.2, -0.15) is 4.31 Å². The van der Waals surface area contributed by atoms with Crippen molar-refractivity contribution in [3.63, 3.8) is 0 Å². The zero-order valence-corrected chi connectivity index (χ0v) is 15.0. The summed E-state index contributed by atoms with van der Waals surface area (Å²) >= 11 is 11.7. The van der Waals surface area contributed by atoms with Gasteiger partial charge in [0.2, 0.25) is 10.0 Å². The van der Waals surface area contributed by atoms with E-state index in [0.717, 1.165) is 4.31 Å². The second-order valence-corrected chi connectivity index (χ2v) is 8.03. The quantitative estimate of drug-likeness (QED) is 0.824. The molecular weight excluding hydrogens is 373 g/mol. The Morgan fingerprint density at radius 2 is 1.75 bits per heavy atom. The molecule has 2 aromatic rings. The van der Waals surface area contributed by atoms with Crippen LogP contribution in [0, 0.1) is 0 Å². The van der Waals surface area contributed by atoms with E-state index in [0.29, 0.717) is 15.6 Å². The number of aliphatic carboxylic acids is 1. The summed E-state index contributed by atoms with van der Waals surface area (Å²) in [6.45, 7) is 0. The minimum atomic E-state index is -3.97. The lowest BCUT2D eigenvalue weighted by atomic mass is 10.1. The van der Waals surface area contributed by atoms with Gasteiger partial charge in [0.15, 0.2) is 0 Å². The van der Waals surface area contributed by atoms with Crippen molar-refractivity contribution in [1.29, 1.82) is 0 Å². The third-order valence-electron chi connectivity index (χ3n) is 3.53. The molecule has 8 heteroatoms. The molecule has 0 amide bonds. The summed E-state index contributed by atoms with van der Waals surface area (Å²) in [5.41, 5.74) is 0.632. The molecule has 0 spiro atoms. The van der Waals surface area contributed by atoms with E-state index in [1.54, 1.807) is 24.3 Å². The van der Waals surface area contributed by atoms with Gasteiger partial charge in [0.25, 0.3) is 0 Å². The van der Waals surface area contributed by atoms with Crippen molar-refractivity contribution >= 4 is 39.2 Å². The molecule has 0 aliphatic carbocycles. The lowest BCUT2D eigenvalue weighted by molar-refractivity contribution is -0.141. The molecule has 0 aromatic heterocycles. The third kappa shape index (κ3) is 4.27. The SMILES string of the molecule is CN(C(Cc1cccc(Cl)c1)C(=O)O)S(=O)(=O)c1ccc(Cl)cc1. The second kappa shape index (κ2) is 7.53. The van der Waals surface area contributed by atoms with Crippen LogP contribution in [0.3, 0.4) is 0 Å². The fourth-order valence-corrected chi connectivity index (χ4v) is 3.85. The number of carbonyl (C=O) groups is 1. The Kier molecular flexibility index (Phi) is 5.87. The van der Waals surface area contributed by atoms with Crippen LogP contribution in [-0.2, 0) is 21.2 Å². The highest BCUT2D eigenvalue weighted by atomic mass is 35.5. The summed E-state index contributed by atoms with van der Waals surface area (Å²) in [6, 6.07) is 11.0. The lowest BCUT2D eigenvalue weighted by Gasteiger charge is -2.24. The number of halogens is 2. The molecule has 0 aliphatic heterocycles. The molecule has 0 radical (unpaired) electrons. The van der Waals surface area contributed by atoms with Crippen LogP contribution in [0.2, 0.25) is 10.0 Å². The van der Waals surface area contributed by atoms with Crippen LogP contribution in [0.15, 0.2) is 53.4 Å². The third-order valence-corrected chi connectivity index (χ3v) is 5.90. The Hall–Kier alpha value is -1.60. The maximum absolute atomic E-state index is 12.6. The van der Waals surface area contributed by atoms with E-state index < -0.39 is 22.0 Å². The van der Waals surface area contributed by atoms with Crippen molar-refractivity contribution in [2.75, 3.05) is 7.05 Å². The molecule has 0 heterocycles. The summed E-state index contributed by atoms with van der Waals surface area (Å²) in [5, 5.41) is 10.3. The average molecular weight is 388 g/mol. The number of likely N-dealkylation sites (N-methyl/N-ethyl adjacent to an activating group) is 1. The van der Waals surface area contributed by atoms with Crippen molar-refractivity contribution in [2.24, 2.45) is 0 Å². The first-order valence-corrected chi connectivity index (χ1v) is 9.12. The molecular formula is C16H15Cl2NO4S. The van der Waals surface area contributed by atoms with Crippen LogP contribution in [0.25, 0.3) is 0 Å². The van der Waals surface area contributed by atoms with Crippen LogP contribution in [0.5, 0.6) is 0 Å². The number of hydrogen-bond acceptors (Lipinski definition) is 3. The fourth-order valence-electron chi connectivity index (χ4n) is 2.20. The topological polar surface area (TPSA) is 74.7 Å². The first-order chi connectivity index (χ1) is 11.2. The molecule has 2 rings (SSSR count). The van der Waals surface area contributed by atoms with Crippen molar-refractivity contribution < 1.29 is 18.3 Å². The smallest absolute Gasteiger partial charge is 0.322 e. The molecule has 2 aromatic carbocycles. The summed E-state index contributed by atoms with van der Waals surface area (Å²) < 4.78 is 26.1. The standard InChI is InChI=1S/C16H15Cl2NO4S/c1-19(24(22,23)14-7-5-12(17)6-8-14)15(16(20)21)10-11-3-2-4-13(18)9-11/h2-9,15H,10H2,1H3,(H,20,21). The summed E-state index contributed by atoms with van der Waals surface area (Å²) in [5.74, 6) is -1.24. The van der Waals surface area contributed by atoms with E-state index in [1.165, 1.54) is 31.3 Å². The number of hydrogen-bond donors (Lipinski definition) is 1. The van der Waals surface area contributed by atoms with E-state index in [1.807, 2.05) is 0 Å². The number of rotatable bonds is 6. The highest BCUT2D eigenvalue weighted by Gasteiger charge is 2.33. The van der Waals surface area contributed by atoms with Crippen LogP contribution in [0.4, 0.5) is 0 Å². The minimum Gasteiger partial charge on any atom is -0.480 e. The van der Waals surface area contributed by atoms with E-state index in [9.17, 15) is 18.3 Å². The Balaban J connectivity index is 2.33. The number of carboxylic acid groups (broad SMARTS) is 1. The van der Waals surface area contributed by atoms with Gasteiger partial charge in [-0.1, -0.05) is 35.3 Å². The molecule has 128 valence electrons. The highest BCUT2D eigenvalue weighted by Crippen LogP contribution is 2.21. The molecule has 0 fully saturated rings. The minimum absolute atomic E-state index is 0.000781. The maximum Gasteiger partial charge on any atom is 0.322 e. The van der Waals surface area contributed by atoms with Gasteiger partial charge in [-0.3, -0.25) is 4.79 Å². The molecule has 0 saturated carbocycles. The monoisotopic (exact) mass is 387 g/mol. The molecule has 0 bridgehead atoms. The Morgan fingerprint density at radius 3 is 2.29 bits per heavy atom. The predicted molar refractivity (Wildman–Crippen MR) is 93.0 cm³/mol. The number of nitrogens with zero attached hydrogens (tertiary/aromatic N) is 1. The Labute approximate surface area is 150 Å². The maximum atomic E-state index is 12.6. The van der Waals surface area contributed by atoms with Gasteiger partial charge in [-0.15, -0.1) is 0 Å². The lowest BCUT2D eigenvalue weighted by Crippen LogP contribution is -2.43. The zero-order valence-electron chi connectivity index (χ0n) is 12.7. The van der Waals surface area contributed by atoms with Gasteiger partial charge >= 0.3 is 5.97 Å². The van der Waals surface area contributed by atoms with Crippen LogP contribution in [-0.4, -0.2) is 36.9 Å². The van der Waals surface area contributed by atoms with E-state index in [4.69, 9.17) is 23.2 Å². The van der Waals surface area contributed by atoms with Crippen molar-refractivity contribution in [3.8, 4) is 0 Å². The molecule has 5 nitrogen and oxygen atoms in total. The first-order valence-electron chi connectivity index (χ1n) is 6.92. The average Bonchev–Trinajstić information content (AvgIpc) is 2.52. The van der Waals surface area contributed by atoms with Gasteiger partial charge in [0.1, 0.15) is 6.04 Å². The van der Waals surface area contributed by atoms with Gasteiger partial charge in [-0.05, 0) is 48.4 Å². The molecule has 1 N–H and O–H groups in total. The second-order valence-electron chi connectivity index (χ2n) is 5.16. The number of sulfonamides is 1. The van der Waals surface area contributed by atoms with Gasteiger partial charge in [0, 0.05) is 17.1 Å². The van der Waals surface area contributed by atoms with Crippen LogP contribution < -0.4 is 0 Å². The van der Waals surface area contributed by atoms with Gasteiger partial charge in [0.05, 0.1) is 4.90 Å². The Bertz CT molecular complexity index is 837. The van der Waals surface area contributed by atoms with Gasteiger partial charge in [-0.25, -0.2) is 8.42 Å². The predicted octanol–water partition coefficient (Wildman–Crippen LogP) is 3.31. The molecule has 0 aliphatic rings. The van der Waals surface area contributed by atoms with Crippen LogP contribution in [0.1, 0.15) is 5.56 Å². The molecule has 24 heavy (non-hydrogen) atoms. The molecule has 1 unspecified atom stereocenters. The number of benzene rings is 2. The van der Waals surface area contributed by atoms with Crippen molar-refractivity contribution in [3.05, 3.63) is 64.1 Å². The summed E-state index contributed by atoms with van der Waals surface area (Å²) in [7, 11) is -2.73. The fraction of sp³-hybridized carbons (Fsp3) is 0.188. The van der Waals surface area contributed by atoms with Crippen molar-refractivity contribution in [2.45, 2.75) is 17.4 Å². The highest BCUT2D eigenvalue weighted by molar-refractivity contribution is 7.89. The summed E-state index contributed by atoms with van der Waals surface area (Å²) in [6.07, 6.45) is -0.000781. The van der Waals surface area contributed by atoms with Crippen molar-refractivity contribution in [1.82, 2.24) is 4.31 Å². The zero-order chi connectivity index (χ0) is 17.9. The van der Waals surface area contributed by atoms with Gasteiger partial charge < -0.3 is 5.11 Å². The summed E-state index contributed by atoms with van der Waals surface area (Å²) in [4.78, 5) is 11.6. The number of carboxylic acids is 1. The molecule has 0 saturated heterocycles. The molecule has 1 atom stereocenters.